The third-order valence-electron chi connectivity index (χ3n) is 4.36. The van der Waals surface area contributed by atoms with Crippen molar-refractivity contribution in [3.63, 3.8) is 0 Å². The lowest BCUT2D eigenvalue weighted by molar-refractivity contribution is 0.711. The SMILES string of the molecule is C(=Cc1ccccc1)CNCc1ccc2c(c1)CCCCC2. The Kier molecular flexibility index (Phi) is 5.44. The highest BCUT2D eigenvalue weighted by Gasteiger charge is 2.07. The summed E-state index contributed by atoms with van der Waals surface area (Å²) < 4.78 is 0. The molecule has 3 rings (SSSR count). The minimum Gasteiger partial charge on any atom is -0.309 e. The second-order valence-electron chi connectivity index (χ2n) is 6.11. The molecule has 0 saturated heterocycles. The fourth-order valence-corrected chi connectivity index (χ4v) is 3.13. The monoisotopic (exact) mass is 291 g/mol. The Balaban J connectivity index is 1.49. The predicted octanol–water partition coefficient (Wildman–Crippen LogP) is 4.76. The number of aryl methyl sites for hydroxylation is 2. The van der Waals surface area contributed by atoms with Crippen LogP contribution in [0.1, 0.15) is 41.5 Å². The Morgan fingerprint density at radius 1 is 0.864 bits per heavy atom. The first kappa shape index (κ1) is 15.1. The van der Waals surface area contributed by atoms with Gasteiger partial charge in [0.2, 0.25) is 0 Å². The number of rotatable bonds is 5. The lowest BCUT2D eigenvalue weighted by atomic mass is 10.00. The fourth-order valence-electron chi connectivity index (χ4n) is 3.13. The number of fused-ring (bicyclic) bond motifs is 1. The molecule has 1 aliphatic carbocycles. The molecular formula is C21H25N. The zero-order chi connectivity index (χ0) is 15.0. The molecule has 2 aromatic rings. The van der Waals surface area contributed by atoms with Crippen molar-refractivity contribution in [1.29, 1.82) is 0 Å². The van der Waals surface area contributed by atoms with E-state index in [1.54, 1.807) is 11.1 Å². The molecule has 2 aromatic carbocycles. The van der Waals surface area contributed by atoms with Crippen LogP contribution in [-0.4, -0.2) is 6.54 Å². The van der Waals surface area contributed by atoms with Crippen molar-refractivity contribution in [2.24, 2.45) is 0 Å². The zero-order valence-electron chi connectivity index (χ0n) is 13.2. The molecule has 22 heavy (non-hydrogen) atoms. The summed E-state index contributed by atoms with van der Waals surface area (Å²) in [6, 6.07) is 17.5. The van der Waals surface area contributed by atoms with Crippen molar-refractivity contribution in [3.8, 4) is 0 Å². The summed E-state index contributed by atoms with van der Waals surface area (Å²) >= 11 is 0. The van der Waals surface area contributed by atoms with Crippen molar-refractivity contribution < 1.29 is 0 Å². The van der Waals surface area contributed by atoms with Gasteiger partial charge in [0.15, 0.2) is 0 Å². The van der Waals surface area contributed by atoms with Crippen LogP contribution in [0.5, 0.6) is 0 Å². The maximum absolute atomic E-state index is 3.51. The van der Waals surface area contributed by atoms with E-state index in [1.165, 1.54) is 43.2 Å². The van der Waals surface area contributed by atoms with E-state index in [0.29, 0.717) is 0 Å². The quantitative estimate of drug-likeness (QED) is 0.618. The van der Waals surface area contributed by atoms with Gasteiger partial charge in [-0.2, -0.15) is 0 Å². The highest BCUT2D eigenvalue weighted by molar-refractivity contribution is 5.48. The molecule has 1 heteroatoms. The minimum absolute atomic E-state index is 0.909. The van der Waals surface area contributed by atoms with Crippen LogP contribution in [0.3, 0.4) is 0 Å². The molecule has 0 amide bonds. The maximum atomic E-state index is 3.51. The van der Waals surface area contributed by atoms with Crippen LogP contribution >= 0.6 is 0 Å². The summed E-state index contributed by atoms with van der Waals surface area (Å²) in [6.07, 6.45) is 11.0. The van der Waals surface area contributed by atoms with Gasteiger partial charge in [-0.3, -0.25) is 0 Å². The number of hydrogen-bond acceptors (Lipinski definition) is 1. The van der Waals surface area contributed by atoms with Gasteiger partial charge in [-0.25, -0.2) is 0 Å². The van der Waals surface area contributed by atoms with E-state index in [1.807, 2.05) is 6.07 Å². The molecule has 114 valence electrons. The van der Waals surface area contributed by atoms with Crippen LogP contribution in [0.25, 0.3) is 6.08 Å². The molecular weight excluding hydrogens is 266 g/mol. The van der Waals surface area contributed by atoms with Gasteiger partial charge < -0.3 is 5.32 Å². The Morgan fingerprint density at radius 3 is 2.55 bits per heavy atom. The van der Waals surface area contributed by atoms with E-state index in [9.17, 15) is 0 Å². The third kappa shape index (κ3) is 4.32. The fraction of sp³-hybridized carbons (Fsp3) is 0.333. The van der Waals surface area contributed by atoms with E-state index >= 15 is 0 Å². The van der Waals surface area contributed by atoms with Crippen molar-refractivity contribution in [3.05, 3.63) is 76.9 Å². The van der Waals surface area contributed by atoms with Gasteiger partial charge in [0.1, 0.15) is 0 Å². The van der Waals surface area contributed by atoms with Crippen LogP contribution < -0.4 is 5.32 Å². The Morgan fingerprint density at radius 2 is 1.68 bits per heavy atom. The first-order valence-electron chi connectivity index (χ1n) is 8.45. The highest BCUT2D eigenvalue weighted by Crippen LogP contribution is 2.21. The van der Waals surface area contributed by atoms with Crippen LogP contribution in [0.15, 0.2) is 54.6 Å². The molecule has 0 spiro atoms. The molecule has 0 aromatic heterocycles. The molecule has 0 atom stereocenters. The number of benzene rings is 2. The zero-order valence-corrected chi connectivity index (χ0v) is 13.2. The molecule has 0 bridgehead atoms. The van der Waals surface area contributed by atoms with E-state index in [0.717, 1.165) is 13.1 Å². The molecule has 0 heterocycles. The smallest absolute Gasteiger partial charge is 0.0208 e. The highest BCUT2D eigenvalue weighted by atomic mass is 14.8. The van der Waals surface area contributed by atoms with Crippen LogP contribution in [0.4, 0.5) is 0 Å². The lowest BCUT2D eigenvalue weighted by Gasteiger charge is -2.09. The van der Waals surface area contributed by atoms with Crippen molar-refractivity contribution >= 4 is 6.08 Å². The second-order valence-corrected chi connectivity index (χ2v) is 6.11. The number of hydrogen-bond donors (Lipinski definition) is 1. The van der Waals surface area contributed by atoms with E-state index in [2.05, 4.69) is 59.9 Å². The molecule has 1 nitrogen and oxygen atoms in total. The summed E-state index contributed by atoms with van der Waals surface area (Å²) in [5.41, 5.74) is 5.82. The number of nitrogens with one attached hydrogen (secondary N) is 1. The van der Waals surface area contributed by atoms with Gasteiger partial charge in [-0.15, -0.1) is 0 Å². The Labute approximate surface area is 134 Å². The normalized spacial score (nSPS) is 14.7. The summed E-state index contributed by atoms with van der Waals surface area (Å²) in [5.74, 6) is 0. The van der Waals surface area contributed by atoms with Gasteiger partial charge in [0.05, 0.1) is 0 Å². The van der Waals surface area contributed by atoms with Crippen molar-refractivity contribution in [2.45, 2.75) is 38.6 Å². The predicted molar refractivity (Wildman–Crippen MR) is 94.9 cm³/mol. The van der Waals surface area contributed by atoms with Gasteiger partial charge >= 0.3 is 0 Å². The lowest BCUT2D eigenvalue weighted by Crippen LogP contribution is -2.13. The van der Waals surface area contributed by atoms with Crippen molar-refractivity contribution in [2.75, 3.05) is 6.54 Å². The largest absolute Gasteiger partial charge is 0.309 e. The van der Waals surface area contributed by atoms with E-state index < -0.39 is 0 Å². The van der Waals surface area contributed by atoms with Gasteiger partial charge in [0.25, 0.3) is 0 Å². The van der Waals surface area contributed by atoms with E-state index in [4.69, 9.17) is 0 Å². The van der Waals surface area contributed by atoms with Gasteiger partial charge in [-0.05, 0) is 47.9 Å². The Bertz CT molecular complexity index is 613. The third-order valence-corrected chi connectivity index (χ3v) is 4.36. The summed E-state index contributed by atoms with van der Waals surface area (Å²) in [6.45, 7) is 1.86. The van der Waals surface area contributed by atoms with Crippen LogP contribution in [-0.2, 0) is 19.4 Å². The molecule has 0 fully saturated rings. The van der Waals surface area contributed by atoms with Crippen LogP contribution in [0, 0.1) is 0 Å². The standard InChI is InChI=1S/C21H25N/c1-3-8-18(9-4-1)10-7-15-22-17-19-13-14-20-11-5-2-6-12-21(20)16-19/h1,3-4,7-10,13-14,16,22H,2,5-6,11-12,15,17H2. The molecule has 0 radical (unpaired) electrons. The molecule has 0 saturated carbocycles. The molecule has 0 aliphatic heterocycles. The molecule has 0 unspecified atom stereocenters. The molecule has 1 N–H and O–H groups in total. The average molecular weight is 291 g/mol. The minimum atomic E-state index is 0.909. The van der Waals surface area contributed by atoms with E-state index in [-0.39, 0.29) is 0 Å². The first-order valence-corrected chi connectivity index (χ1v) is 8.45. The maximum Gasteiger partial charge on any atom is 0.0208 e. The Hall–Kier alpha value is -1.86. The van der Waals surface area contributed by atoms with Gasteiger partial charge in [-0.1, -0.05) is 67.1 Å². The second kappa shape index (κ2) is 7.95. The first-order chi connectivity index (χ1) is 10.9. The van der Waals surface area contributed by atoms with Gasteiger partial charge in [0, 0.05) is 13.1 Å². The summed E-state index contributed by atoms with van der Waals surface area (Å²) in [5, 5.41) is 3.51. The van der Waals surface area contributed by atoms with Crippen LogP contribution in [0.2, 0.25) is 0 Å². The summed E-state index contributed by atoms with van der Waals surface area (Å²) in [4.78, 5) is 0. The summed E-state index contributed by atoms with van der Waals surface area (Å²) in [7, 11) is 0. The molecule has 1 aliphatic rings. The topological polar surface area (TPSA) is 12.0 Å². The van der Waals surface area contributed by atoms with Crippen molar-refractivity contribution in [1.82, 2.24) is 5.32 Å². The average Bonchev–Trinajstić information content (AvgIpc) is 2.80.